The van der Waals surface area contributed by atoms with Gasteiger partial charge in [0.25, 0.3) is 0 Å². The summed E-state index contributed by atoms with van der Waals surface area (Å²) in [6, 6.07) is 6.36. The predicted molar refractivity (Wildman–Crippen MR) is 60.8 cm³/mol. The lowest BCUT2D eigenvalue weighted by molar-refractivity contribution is 0.0997. The van der Waals surface area contributed by atoms with Crippen LogP contribution in [0.1, 0.15) is 29.5 Å². The van der Waals surface area contributed by atoms with Crippen molar-refractivity contribution >= 4 is 0 Å². The molecule has 0 aromatic heterocycles. The summed E-state index contributed by atoms with van der Waals surface area (Å²) in [6.45, 7) is 4.73. The molecule has 2 N–H and O–H groups in total. The van der Waals surface area contributed by atoms with E-state index in [0.717, 1.165) is 0 Å². The van der Waals surface area contributed by atoms with Gasteiger partial charge in [-0.15, -0.1) is 0 Å². The smallest absolute Gasteiger partial charge is 0.102 e. The first-order valence-electron chi connectivity index (χ1n) is 5.49. The van der Waals surface area contributed by atoms with Gasteiger partial charge in [0.05, 0.1) is 0 Å². The normalized spacial score (nSPS) is 30.0. The summed E-state index contributed by atoms with van der Waals surface area (Å²) < 4.78 is 13.0. The van der Waals surface area contributed by atoms with Crippen molar-refractivity contribution in [2.24, 2.45) is 5.73 Å². The largest absolute Gasteiger partial charge is 0.330 e. The molecule has 0 atom stereocenters. The highest BCUT2D eigenvalue weighted by atomic mass is 19.1. The Kier molecular flexibility index (Phi) is 2.55. The van der Waals surface area contributed by atoms with Crippen molar-refractivity contribution in [2.75, 3.05) is 6.54 Å². The van der Waals surface area contributed by atoms with Gasteiger partial charge in [0.1, 0.15) is 6.17 Å². The van der Waals surface area contributed by atoms with E-state index in [1.807, 2.05) is 0 Å². The lowest BCUT2D eigenvalue weighted by Crippen LogP contribution is -2.48. The van der Waals surface area contributed by atoms with Gasteiger partial charge in [-0.3, -0.25) is 0 Å². The number of hydrogen-bond donors (Lipinski definition) is 1. The van der Waals surface area contributed by atoms with Crippen LogP contribution >= 0.6 is 0 Å². The summed E-state index contributed by atoms with van der Waals surface area (Å²) in [6.07, 6.45) is 0.521. The van der Waals surface area contributed by atoms with Crippen LogP contribution in [-0.2, 0) is 5.41 Å². The summed E-state index contributed by atoms with van der Waals surface area (Å²) in [5, 5.41) is 0. The molecule has 1 fully saturated rings. The molecule has 0 spiro atoms. The molecule has 0 heterocycles. The summed E-state index contributed by atoms with van der Waals surface area (Å²) in [5.74, 6) is 0. The molecule has 1 aliphatic carbocycles. The molecule has 0 unspecified atom stereocenters. The van der Waals surface area contributed by atoms with Crippen molar-refractivity contribution in [3.63, 3.8) is 0 Å². The lowest BCUT2D eigenvalue weighted by Gasteiger charge is -2.44. The van der Waals surface area contributed by atoms with Crippen LogP contribution < -0.4 is 5.73 Å². The van der Waals surface area contributed by atoms with Crippen LogP contribution in [0.25, 0.3) is 0 Å². The van der Waals surface area contributed by atoms with E-state index in [1.54, 1.807) is 0 Å². The second-order valence-corrected chi connectivity index (χ2v) is 4.79. The third-order valence-corrected chi connectivity index (χ3v) is 3.73. The average molecular weight is 207 g/mol. The molecule has 1 saturated carbocycles. The third-order valence-electron chi connectivity index (χ3n) is 3.73. The molecule has 2 heteroatoms. The van der Waals surface area contributed by atoms with Crippen molar-refractivity contribution in [1.82, 2.24) is 0 Å². The molecular weight excluding hydrogens is 189 g/mol. The topological polar surface area (TPSA) is 26.0 Å². The number of halogens is 1. The van der Waals surface area contributed by atoms with E-state index in [9.17, 15) is 4.39 Å². The molecule has 0 saturated heterocycles. The maximum atomic E-state index is 13.0. The molecule has 82 valence electrons. The van der Waals surface area contributed by atoms with E-state index in [-0.39, 0.29) is 5.41 Å². The van der Waals surface area contributed by atoms with E-state index < -0.39 is 6.17 Å². The predicted octanol–water partition coefficient (Wildman–Crippen LogP) is 2.63. The fourth-order valence-electron chi connectivity index (χ4n) is 2.38. The van der Waals surface area contributed by atoms with Crippen LogP contribution in [0.2, 0.25) is 0 Å². The zero-order valence-corrected chi connectivity index (χ0v) is 9.39. The molecular formula is C13H18FN. The fraction of sp³-hybridized carbons (Fsp3) is 0.538. The Bertz CT molecular complexity index is 367. The van der Waals surface area contributed by atoms with Crippen molar-refractivity contribution in [2.45, 2.75) is 38.3 Å². The molecule has 1 aliphatic rings. The highest BCUT2D eigenvalue weighted by Gasteiger charge is 2.44. The van der Waals surface area contributed by atoms with Gasteiger partial charge in [-0.05, 0) is 43.4 Å². The number of alkyl halides is 1. The van der Waals surface area contributed by atoms with Crippen LogP contribution in [0.5, 0.6) is 0 Å². The Morgan fingerprint density at radius 3 is 2.47 bits per heavy atom. The minimum absolute atomic E-state index is 0.0854. The fourth-order valence-corrected chi connectivity index (χ4v) is 2.38. The van der Waals surface area contributed by atoms with E-state index in [1.165, 1.54) is 16.7 Å². The molecule has 1 aromatic carbocycles. The van der Waals surface area contributed by atoms with Crippen molar-refractivity contribution in [3.8, 4) is 0 Å². The van der Waals surface area contributed by atoms with E-state index in [2.05, 4.69) is 32.0 Å². The first-order valence-corrected chi connectivity index (χ1v) is 5.49. The van der Waals surface area contributed by atoms with Gasteiger partial charge in [-0.25, -0.2) is 4.39 Å². The Morgan fingerprint density at radius 2 is 2.00 bits per heavy atom. The second-order valence-electron chi connectivity index (χ2n) is 4.79. The minimum Gasteiger partial charge on any atom is -0.330 e. The SMILES string of the molecule is Cc1ccc(C2(CN)CC(F)C2)cc1C. The number of rotatable bonds is 2. The highest BCUT2D eigenvalue weighted by molar-refractivity contribution is 5.37. The van der Waals surface area contributed by atoms with Gasteiger partial charge < -0.3 is 5.73 Å². The standard InChI is InChI=1S/C13H18FN/c1-9-3-4-11(5-10(9)2)13(8-15)6-12(14)7-13/h3-5,12H,6-8,15H2,1-2H3. The van der Waals surface area contributed by atoms with Crippen LogP contribution in [-0.4, -0.2) is 12.7 Å². The van der Waals surface area contributed by atoms with Gasteiger partial charge >= 0.3 is 0 Å². The van der Waals surface area contributed by atoms with Crippen molar-refractivity contribution in [1.29, 1.82) is 0 Å². The van der Waals surface area contributed by atoms with Gasteiger partial charge in [0, 0.05) is 12.0 Å². The molecule has 0 bridgehead atoms. The molecule has 0 amide bonds. The van der Waals surface area contributed by atoms with E-state index >= 15 is 0 Å². The van der Waals surface area contributed by atoms with Crippen molar-refractivity contribution < 1.29 is 4.39 Å². The summed E-state index contributed by atoms with van der Waals surface area (Å²) in [4.78, 5) is 0. The Hall–Kier alpha value is -0.890. The van der Waals surface area contributed by atoms with Crippen molar-refractivity contribution in [3.05, 3.63) is 34.9 Å². The zero-order valence-electron chi connectivity index (χ0n) is 9.39. The maximum Gasteiger partial charge on any atom is 0.102 e. The molecule has 1 aromatic rings. The monoisotopic (exact) mass is 207 g/mol. The number of benzene rings is 1. The quantitative estimate of drug-likeness (QED) is 0.792. The first kappa shape index (κ1) is 10.6. The summed E-state index contributed by atoms with van der Waals surface area (Å²) in [7, 11) is 0. The molecule has 0 radical (unpaired) electrons. The average Bonchev–Trinajstić information content (AvgIpc) is 2.17. The second kappa shape index (κ2) is 3.60. The number of nitrogens with two attached hydrogens (primary N) is 1. The Morgan fingerprint density at radius 1 is 1.33 bits per heavy atom. The van der Waals surface area contributed by atoms with Crippen LogP contribution in [0.3, 0.4) is 0 Å². The first-order chi connectivity index (χ1) is 7.07. The zero-order chi connectivity index (χ0) is 11.1. The Labute approximate surface area is 90.5 Å². The highest BCUT2D eigenvalue weighted by Crippen LogP contribution is 2.44. The molecule has 0 aliphatic heterocycles. The van der Waals surface area contributed by atoms with Crippen LogP contribution in [0.15, 0.2) is 18.2 Å². The third kappa shape index (κ3) is 1.67. The molecule has 2 rings (SSSR count). The molecule has 1 nitrogen and oxygen atoms in total. The van der Waals surface area contributed by atoms with E-state index in [4.69, 9.17) is 5.73 Å². The minimum atomic E-state index is -0.657. The molecule has 15 heavy (non-hydrogen) atoms. The maximum absolute atomic E-state index is 13.0. The lowest BCUT2D eigenvalue weighted by atomic mass is 9.63. The van der Waals surface area contributed by atoms with E-state index in [0.29, 0.717) is 19.4 Å². The Balaban J connectivity index is 2.32. The summed E-state index contributed by atoms with van der Waals surface area (Å²) >= 11 is 0. The number of hydrogen-bond acceptors (Lipinski definition) is 1. The van der Waals surface area contributed by atoms with Gasteiger partial charge in [-0.2, -0.15) is 0 Å². The summed E-state index contributed by atoms with van der Waals surface area (Å²) in [5.41, 5.74) is 9.46. The number of aryl methyl sites for hydroxylation is 2. The van der Waals surface area contributed by atoms with Crippen LogP contribution in [0, 0.1) is 13.8 Å². The van der Waals surface area contributed by atoms with Crippen LogP contribution in [0.4, 0.5) is 4.39 Å². The van der Waals surface area contributed by atoms with Gasteiger partial charge in [-0.1, -0.05) is 18.2 Å². The van der Waals surface area contributed by atoms with Gasteiger partial charge in [0.15, 0.2) is 0 Å². The van der Waals surface area contributed by atoms with Gasteiger partial charge in [0.2, 0.25) is 0 Å².